The first-order chi connectivity index (χ1) is 17.2. The van der Waals surface area contributed by atoms with E-state index in [0.29, 0.717) is 11.9 Å². The summed E-state index contributed by atoms with van der Waals surface area (Å²) in [7, 11) is 0. The minimum atomic E-state index is 0.459. The van der Waals surface area contributed by atoms with Crippen LogP contribution in [0, 0.1) is 5.92 Å². The maximum atomic E-state index is 6.40. The lowest BCUT2D eigenvalue weighted by atomic mass is 9.79. The minimum Gasteiger partial charge on any atom is -0.383 e. The van der Waals surface area contributed by atoms with E-state index in [0.717, 1.165) is 50.4 Å². The monoisotopic (exact) mass is 461 g/mol. The van der Waals surface area contributed by atoms with Gasteiger partial charge in [0.2, 0.25) is 0 Å². The van der Waals surface area contributed by atoms with Crippen molar-refractivity contribution < 1.29 is 0 Å². The molecule has 1 aliphatic heterocycles. The molecule has 0 radical (unpaired) electrons. The molecule has 5 aromatic rings. The third kappa shape index (κ3) is 3.54. The fourth-order valence-electron chi connectivity index (χ4n) is 5.55. The molecule has 5 heterocycles. The summed E-state index contributed by atoms with van der Waals surface area (Å²) in [6.45, 7) is 3.76. The molecule has 0 unspecified atom stereocenters. The van der Waals surface area contributed by atoms with Gasteiger partial charge in [-0.1, -0.05) is 24.3 Å². The zero-order chi connectivity index (χ0) is 23.4. The number of benzene rings is 1. The zero-order valence-corrected chi connectivity index (χ0v) is 19.5. The predicted molar refractivity (Wildman–Crippen MR) is 139 cm³/mol. The standard InChI is InChI=1S/C28H27N7/c29-27-26-22(16-35(28(26)32-17-31-27)21-12-18(13-21)15-34-10-3-11-34)20-6-5-19-7-8-24(33-25(19)14-20)23-4-1-2-9-30-23/h1-2,4-9,14,16-18,21H,3,10-13,15H2,(H2,29,31,32). The smallest absolute Gasteiger partial charge is 0.146 e. The first-order valence-corrected chi connectivity index (χ1v) is 12.4. The van der Waals surface area contributed by atoms with Gasteiger partial charge in [0, 0.05) is 35.9 Å². The van der Waals surface area contributed by atoms with Gasteiger partial charge in [-0.25, -0.2) is 15.0 Å². The van der Waals surface area contributed by atoms with Crippen LogP contribution in [-0.4, -0.2) is 49.0 Å². The fraction of sp³-hybridized carbons (Fsp3) is 0.286. The molecule has 2 N–H and O–H groups in total. The van der Waals surface area contributed by atoms with Gasteiger partial charge in [0.05, 0.1) is 22.3 Å². The van der Waals surface area contributed by atoms with Crippen LogP contribution in [0.15, 0.2) is 67.3 Å². The topological polar surface area (TPSA) is 85.7 Å². The molecule has 0 bridgehead atoms. The number of nitrogens with zero attached hydrogens (tertiary/aromatic N) is 6. The molecule has 2 fully saturated rings. The van der Waals surface area contributed by atoms with Gasteiger partial charge in [0.1, 0.15) is 17.8 Å². The van der Waals surface area contributed by atoms with Crippen molar-refractivity contribution in [3.05, 3.63) is 67.3 Å². The molecule has 0 amide bonds. The third-order valence-electron chi connectivity index (χ3n) is 7.64. The molecule has 1 saturated heterocycles. The lowest BCUT2D eigenvalue weighted by molar-refractivity contribution is 0.0921. The Morgan fingerprint density at radius 2 is 1.83 bits per heavy atom. The maximum absolute atomic E-state index is 6.40. The van der Waals surface area contributed by atoms with Crippen LogP contribution in [0.5, 0.6) is 0 Å². The Bertz CT molecular complexity index is 1530. The number of nitrogen functional groups attached to an aromatic ring is 1. The number of aromatic nitrogens is 5. The van der Waals surface area contributed by atoms with E-state index >= 15 is 0 Å². The van der Waals surface area contributed by atoms with E-state index in [2.05, 4.69) is 54.9 Å². The number of pyridine rings is 2. The van der Waals surface area contributed by atoms with Crippen molar-refractivity contribution in [3.8, 4) is 22.5 Å². The molecule has 0 spiro atoms. The van der Waals surface area contributed by atoms with Gasteiger partial charge >= 0.3 is 0 Å². The highest BCUT2D eigenvalue weighted by molar-refractivity contribution is 6.02. The molecule has 2 aliphatic rings. The molecule has 1 aliphatic carbocycles. The molecular weight excluding hydrogens is 434 g/mol. The summed E-state index contributed by atoms with van der Waals surface area (Å²) in [6.07, 6.45) is 9.33. The summed E-state index contributed by atoms with van der Waals surface area (Å²) in [6, 6.07) is 16.9. The quantitative estimate of drug-likeness (QED) is 0.399. The van der Waals surface area contributed by atoms with Crippen molar-refractivity contribution in [3.63, 3.8) is 0 Å². The Morgan fingerprint density at radius 3 is 2.63 bits per heavy atom. The van der Waals surface area contributed by atoms with Crippen LogP contribution in [0.3, 0.4) is 0 Å². The van der Waals surface area contributed by atoms with Crippen LogP contribution in [-0.2, 0) is 0 Å². The molecule has 4 aromatic heterocycles. The zero-order valence-electron chi connectivity index (χ0n) is 19.5. The van der Waals surface area contributed by atoms with E-state index in [-0.39, 0.29) is 0 Å². The largest absolute Gasteiger partial charge is 0.383 e. The number of rotatable bonds is 5. The van der Waals surface area contributed by atoms with Gasteiger partial charge in [-0.3, -0.25) is 4.98 Å². The highest BCUT2D eigenvalue weighted by Gasteiger charge is 2.34. The van der Waals surface area contributed by atoms with Gasteiger partial charge in [-0.2, -0.15) is 0 Å². The normalized spacial score (nSPS) is 20.1. The van der Waals surface area contributed by atoms with Crippen LogP contribution in [0.4, 0.5) is 5.82 Å². The van der Waals surface area contributed by atoms with Crippen molar-refractivity contribution in [2.75, 3.05) is 25.4 Å². The number of fused-ring (bicyclic) bond motifs is 2. The van der Waals surface area contributed by atoms with E-state index in [9.17, 15) is 0 Å². The highest BCUT2D eigenvalue weighted by Crippen LogP contribution is 2.43. The minimum absolute atomic E-state index is 0.459. The second-order valence-corrected chi connectivity index (χ2v) is 9.87. The van der Waals surface area contributed by atoms with Crippen molar-refractivity contribution in [2.45, 2.75) is 25.3 Å². The van der Waals surface area contributed by atoms with Crippen molar-refractivity contribution in [2.24, 2.45) is 5.92 Å². The molecule has 1 saturated carbocycles. The molecule has 174 valence electrons. The number of hydrogen-bond donors (Lipinski definition) is 1. The van der Waals surface area contributed by atoms with E-state index in [1.54, 1.807) is 12.5 Å². The van der Waals surface area contributed by atoms with Crippen LogP contribution in [0.25, 0.3) is 44.5 Å². The van der Waals surface area contributed by atoms with Gasteiger partial charge in [-0.15, -0.1) is 0 Å². The summed E-state index contributed by atoms with van der Waals surface area (Å²) < 4.78 is 2.33. The average molecular weight is 462 g/mol. The summed E-state index contributed by atoms with van der Waals surface area (Å²) >= 11 is 0. The molecular formula is C28H27N7. The molecule has 35 heavy (non-hydrogen) atoms. The summed E-state index contributed by atoms with van der Waals surface area (Å²) in [4.78, 5) is 20.9. The van der Waals surface area contributed by atoms with Crippen molar-refractivity contribution >= 4 is 27.8 Å². The van der Waals surface area contributed by atoms with E-state index in [1.807, 2.05) is 24.3 Å². The van der Waals surface area contributed by atoms with E-state index in [4.69, 9.17) is 10.7 Å². The van der Waals surface area contributed by atoms with Crippen LogP contribution in [0.1, 0.15) is 25.3 Å². The number of nitrogens with two attached hydrogens (primary N) is 1. The Labute approximate surface area is 203 Å². The van der Waals surface area contributed by atoms with Crippen LogP contribution in [0.2, 0.25) is 0 Å². The average Bonchev–Trinajstić information content (AvgIpc) is 3.22. The lowest BCUT2D eigenvalue weighted by Gasteiger charge is -2.42. The number of hydrogen-bond acceptors (Lipinski definition) is 6. The number of likely N-dealkylation sites (tertiary alicyclic amines) is 1. The van der Waals surface area contributed by atoms with Crippen molar-refractivity contribution in [1.29, 1.82) is 0 Å². The highest BCUT2D eigenvalue weighted by atomic mass is 15.2. The second kappa shape index (κ2) is 8.13. The SMILES string of the molecule is Nc1ncnc2c1c(-c1ccc3ccc(-c4ccccn4)nc3c1)cn2C1CC(CN2CCC2)C1. The molecule has 7 rings (SSSR count). The van der Waals surface area contributed by atoms with Gasteiger partial charge in [-0.05, 0) is 68.1 Å². The fourth-order valence-corrected chi connectivity index (χ4v) is 5.55. The van der Waals surface area contributed by atoms with E-state index < -0.39 is 0 Å². The summed E-state index contributed by atoms with van der Waals surface area (Å²) in [5.41, 5.74) is 12.1. The summed E-state index contributed by atoms with van der Waals surface area (Å²) in [5.74, 6) is 1.30. The van der Waals surface area contributed by atoms with Crippen LogP contribution >= 0.6 is 0 Å². The maximum Gasteiger partial charge on any atom is 0.146 e. The first-order valence-electron chi connectivity index (χ1n) is 12.4. The Kier molecular flexibility index (Phi) is 4.77. The summed E-state index contributed by atoms with van der Waals surface area (Å²) in [5, 5.41) is 2.02. The van der Waals surface area contributed by atoms with Gasteiger partial charge < -0.3 is 15.2 Å². The molecule has 7 nitrogen and oxygen atoms in total. The van der Waals surface area contributed by atoms with Gasteiger partial charge in [0.15, 0.2) is 0 Å². The van der Waals surface area contributed by atoms with Crippen molar-refractivity contribution in [1.82, 2.24) is 29.4 Å². The predicted octanol–water partition coefficient (Wildman–Crippen LogP) is 4.95. The Morgan fingerprint density at radius 1 is 0.943 bits per heavy atom. The van der Waals surface area contributed by atoms with Gasteiger partial charge in [0.25, 0.3) is 0 Å². The van der Waals surface area contributed by atoms with E-state index in [1.165, 1.54) is 38.9 Å². The Hall–Kier alpha value is -3.84. The first kappa shape index (κ1) is 20.5. The molecule has 0 atom stereocenters. The third-order valence-corrected chi connectivity index (χ3v) is 7.64. The molecule has 7 heteroatoms. The lowest BCUT2D eigenvalue weighted by Crippen LogP contribution is -2.43. The Balaban J connectivity index is 1.27. The second-order valence-electron chi connectivity index (χ2n) is 9.87. The van der Waals surface area contributed by atoms with Crippen LogP contribution < -0.4 is 5.73 Å². The molecule has 1 aromatic carbocycles. The number of anilines is 1.